The highest BCUT2D eigenvalue weighted by Gasteiger charge is 2.29. The number of amides is 2. The number of piperidine rings is 1. The fraction of sp³-hybridized carbons (Fsp3) is 0.542. The maximum absolute atomic E-state index is 12.9. The van der Waals surface area contributed by atoms with E-state index in [4.69, 9.17) is 5.11 Å². The highest BCUT2D eigenvalue weighted by molar-refractivity contribution is 5.88. The highest BCUT2D eigenvalue weighted by atomic mass is 16.4. The highest BCUT2D eigenvalue weighted by Crippen LogP contribution is 2.20. The molecule has 31 heavy (non-hydrogen) atoms. The molecule has 1 aromatic carbocycles. The molecule has 1 aliphatic rings. The van der Waals surface area contributed by atoms with Gasteiger partial charge < -0.3 is 15.3 Å². The minimum absolute atomic E-state index is 0.0404. The van der Waals surface area contributed by atoms with E-state index in [1.54, 1.807) is 13.1 Å². The zero-order chi connectivity index (χ0) is 23.0. The van der Waals surface area contributed by atoms with Gasteiger partial charge in [-0.25, -0.2) is 4.79 Å². The molecule has 2 amide bonds. The molecule has 2 rings (SSSR count). The Morgan fingerprint density at radius 2 is 1.90 bits per heavy atom. The summed E-state index contributed by atoms with van der Waals surface area (Å²) in [6.45, 7) is 6.84. The number of aliphatic carboxylic acids is 1. The van der Waals surface area contributed by atoms with E-state index in [0.717, 1.165) is 25.8 Å². The monoisotopic (exact) mass is 429 g/mol. The number of carboxylic acid groups (broad SMARTS) is 1. The van der Waals surface area contributed by atoms with Crippen molar-refractivity contribution in [2.45, 2.75) is 58.7 Å². The minimum atomic E-state index is -1.00. The quantitative estimate of drug-likeness (QED) is 0.589. The molecule has 170 valence electrons. The molecule has 0 aliphatic carbocycles. The fourth-order valence-corrected chi connectivity index (χ4v) is 3.95. The van der Waals surface area contributed by atoms with Crippen molar-refractivity contribution in [3.8, 4) is 0 Å². The summed E-state index contributed by atoms with van der Waals surface area (Å²) in [5.41, 5.74) is 1.36. The van der Waals surface area contributed by atoms with Crippen LogP contribution in [-0.4, -0.2) is 64.9 Å². The molecule has 7 heteroatoms. The molecule has 2 N–H and O–H groups in total. The predicted octanol–water partition coefficient (Wildman–Crippen LogP) is 2.67. The summed E-state index contributed by atoms with van der Waals surface area (Å²) in [7, 11) is 1.65. The van der Waals surface area contributed by atoms with Crippen LogP contribution in [0.25, 0.3) is 0 Å². The number of nitrogens with one attached hydrogen (secondary N) is 1. The van der Waals surface area contributed by atoms with E-state index in [9.17, 15) is 14.4 Å². The number of likely N-dealkylation sites (N-methyl/N-ethyl adjacent to an activating group) is 1. The second kappa shape index (κ2) is 11.6. The van der Waals surface area contributed by atoms with Gasteiger partial charge in [-0.2, -0.15) is 0 Å². The number of hydrogen-bond acceptors (Lipinski definition) is 4. The predicted molar refractivity (Wildman–Crippen MR) is 120 cm³/mol. The molecule has 1 heterocycles. The summed E-state index contributed by atoms with van der Waals surface area (Å²) in [4.78, 5) is 40.5. The standard InChI is InChI=1S/C24H35N3O4/c1-17(2)21(14-18(3)24(30)31)26(4)22(28)15-25-23(29)20-12-8-9-13-27(20)16-19-10-6-5-7-11-19/h5-7,10-11,14,17,20-21H,8-9,12-13,15-16H2,1-4H3,(H,25,29)(H,30,31). The molecule has 0 spiro atoms. The molecule has 0 saturated carbocycles. The van der Waals surface area contributed by atoms with Crippen molar-refractivity contribution >= 4 is 17.8 Å². The molecule has 2 atom stereocenters. The Kier molecular flexibility index (Phi) is 9.24. The second-order valence-electron chi connectivity index (χ2n) is 8.58. The smallest absolute Gasteiger partial charge is 0.331 e. The zero-order valence-electron chi connectivity index (χ0n) is 19.0. The van der Waals surface area contributed by atoms with E-state index in [1.165, 1.54) is 17.4 Å². The van der Waals surface area contributed by atoms with E-state index in [-0.39, 0.29) is 41.9 Å². The van der Waals surface area contributed by atoms with E-state index in [1.807, 2.05) is 32.0 Å². The van der Waals surface area contributed by atoms with E-state index in [2.05, 4.69) is 22.3 Å². The first-order chi connectivity index (χ1) is 14.7. The largest absolute Gasteiger partial charge is 0.478 e. The molecule has 0 aromatic heterocycles. The van der Waals surface area contributed by atoms with Crippen molar-refractivity contribution in [3.63, 3.8) is 0 Å². The van der Waals surface area contributed by atoms with Crippen molar-refractivity contribution in [3.05, 3.63) is 47.5 Å². The van der Waals surface area contributed by atoms with E-state index in [0.29, 0.717) is 6.54 Å². The number of nitrogens with zero attached hydrogens (tertiary/aromatic N) is 2. The third-order valence-corrected chi connectivity index (χ3v) is 5.84. The minimum Gasteiger partial charge on any atom is -0.478 e. The third kappa shape index (κ3) is 7.21. The topological polar surface area (TPSA) is 90.0 Å². The molecule has 2 unspecified atom stereocenters. The van der Waals surface area contributed by atoms with Crippen LogP contribution in [0.5, 0.6) is 0 Å². The molecule has 1 saturated heterocycles. The summed E-state index contributed by atoms with van der Waals surface area (Å²) in [6, 6.07) is 9.47. The van der Waals surface area contributed by atoms with Crippen LogP contribution < -0.4 is 5.32 Å². The van der Waals surface area contributed by atoms with Crippen LogP contribution in [0.15, 0.2) is 42.0 Å². The summed E-state index contributed by atoms with van der Waals surface area (Å²) >= 11 is 0. The first-order valence-corrected chi connectivity index (χ1v) is 10.9. The molecular weight excluding hydrogens is 394 g/mol. The van der Waals surface area contributed by atoms with Gasteiger partial charge in [-0.15, -0.1) is 0 Å². The molecule has 7 nitrogen and oxygen atoms in total. The second-order valence-corrected chi connectivity index (χ2v) is 8.58. The lowest BCUT2D eigenvalue weighted by molar-refractivity contribution is -0.135. The van der Waals surface area contributed by atoms with Crippen LogP contribution in [0.2, 0.25) is 0 Å². The number of carboxylic acids is 1. The van der Waals surface area contributed by atoms with Crippen molar-refractivity contribution in [1.82, 2.24) is 15.1 Å². The lowest BCUT2D eigenvalue weighted by atomic mass is 9.99. The number of hydrogen-bond donors (Lipinski definition) is 2. The van der Waals surface area contributed by atoms with Crippen molar-refractivity contribution in [2.75, 3.05) is 20.1 Å². The molecule has 1 fully saturated rings. The summed E-state index contributed by atoms with van der Waals surface area (Å²) < 4.78 is 0. The molecular formula is C24H35N3O4. The maximum atomic E-state index is 12.9. The van der Waals surface area contributed by atoms with Crippen LogP contribution in [0.3, 0.4) is 0 Å². The first-order valence-electron chi connectivity index (χ1n) is 10.9. The molecule has 0 radical (unpaired) electrons. The Bertz CT molecular complexity index is 791. The average Bonchev–Trinajstić information content (AvgIpc) is 2.75. The average molecular weight is 430 g/mol. The van der Waals surface area contributed by atoms with Crippen molar-refractivity contribution < 1.29 is 19.5 Å². The first kappa shape index (κ1) is 24.6. The maximum Gasteiger partial charge on any atom is 0.331 e. The molecule has 1 aliphatic heterocycles. The Hall–Kier alpha value is -2.67. The van der Waals surface area contributed by atoms with E-state index < -0.39 is 5.97 Å². The van der Waals surface area contributed by atoms with Crippen LogP contribution in [0.4, 0.5) is 0 Å². The zero-order valence-corrected chi connectivity index (χ0v) is 19.0. The summed E-state index contributed by atoms with van der Waals surface area (Å²) in [5, 5.41) is 12.0. The fourth-order valence-electron chi connectivity index (χ4n) is 3.95. The van der Waals surface area contributed by atoms with Crippen LogP contribution in [-0.2, 0) is 20.9 Å². The number of benzene rings is 1. The number of carbonyl (C=O) groups excluding carboxylic acids is 2. The molecule has 1 aromatic rings. The third-order valence-electron chi connectivity index (χ3n) is 5.84. The van der Waals surface area contributed by atoms with Gasteiger partial charge in [-0.05, 0) is 37.8 Å². The van der Waals surface area contributed by atoms with Gasteiger partial charge in [-0.1, -0.05) is 56.7 Å². The van der Waals surface area contributed by atoms with Gasteiger partial charge in [-0.3, -0.25) is 14.5 Å². The summed E-state index contributed by atoms with van der Waals surface area (Å²) in [5.74, 6) is -1.34. The lowest BCUT2D eigenvalue weighted by Gasteiger charge is -2.35. The lowest BCUT2D eigenvalue weighted by Crippen LogP contribution is -2.51. The Morgan fingerprint density at radius 1 is 1.23 bits per heavy atom. The normalized spacial score (nSPS) is 18.5. The number of rotatable bonds is 9. The molecule has 0 bridgehead atoms. The van der Waals surface area contributed by atoms with Gasteiger partial charge in [0.2, 0.25) is 11.8 Å². The Morgan fingerprint density at radius 3 is 2.52 bits per heavy atom. The van der Waals surface area contributed by atoms with Gasteiger partial charge in [0.1, 0.15) is 0 Å². The van der Waals surface area contributed by atoms with Gasteiger partial charge in [0.05, 0.1) is 18.6 Å². The van der Waals surface area contributed by atoms with Gasteiger partial charge >= 0.3 is 5.97 Å². The number of likely N-dealkylation sites (tertiary alicyclic amines) is 1. The van der Waals surface area contributed by atoms with Crippen molar-refractivity contribution in [2.24, 2.45) is 5.92 Å². The SMILES string of the molecule is CC(=CC(C(C)C)N(C)C(=O)CNC(=O)C1CCCCN1Cc1ccccc1)C(=O)O. The van der Waals surface area contributed by atoms with Gasteiger partial charge in [0.25, 0.3) is 0 Å². The van der Waals surface area contributed by atoms with Gasteiger partial charge in [0.15, 0.2) is 0 Å². The van der Waals surface area contributed by atoms with E-state index >= 15 is 0 Å². The van der Waals surface area contributed by atoms with Crippen LogP contribution >= 0.6 is 0 Å². The van der Waals surface area contributed by atoms with Crippen molar-refractivity contribution in [1.29, 1.82) is 0 Å². The Balaban J connectivity index is 1.98. The van der Waals surface area contributed by atoms with Crippen LogP contribution in [0, 0.1) is 5.92 Å². The summed E-state index contributed by atoms with van der Waals surface area (Å²) in [6.07, 6.45) is 4.42. The Labute approximate surface area is 185 Å². The van der Waals surface area contributed by atoms with Gasteiger partial charge in [0, 0.05) is 19.2 Å². The van der Waals surface area contributed by atoms with Crippen LogP contribution in [0.1, 0.15) is 45.6 Å². The number of carbonyl (C=O) groups is 3.